The van der Waals surface area contributed by atoms with E-state index in [1.54, 1.807) is 30.4 Å². The van der Waals surface area contributed by atoms with Crippen LogP contribution in [0.15, 0.2) is 35.7 Å². The largest absolute Gasteiger partial charge is 0.288 e. The molecule has 18 heavy (non-hydrogen) atoms. The molecule has 0 atom stereocenters. The van der Waals surface area contributed by atoms with Gasteiger partial charge in [-0.3, -0.25) is 4.79 Å². The number of aryl methyl sites for hydroxylation is 1. The summed E-state index contributed by atoms with van der Waals surface area (Å²) in [6.45, 7) is 1.67. The Bertz CT molecular complexity index is 711. The van der Waals surface area contributed by atoms with Crippen LogP contribution in [0.4, 0.5) is 4.39 Å². The second-order valence-corrected chi connectivity index (χ2v) is 6.08. The second kappa shape index (κ2) is 4.30. The number of halogens is 1. The first kappa shape index (κ1) is 11.6. The molecule has 2 aromatic heterocycles. The molecule has 3 rings (SSSR count). The minimum atomic E-state index is -0.279. The number of carbonyl (C=O) groups excluding carboxylic acids is 1. The maximum atomic E-state index is 13.2. The first-order valence-electron chi connectivity index (χ1n) is 5.43. The van der Waals surface area contributed by atoms with Crippen LogP contribution < -0.4 is 0 Å². The molecule has 0 spiro atoms. The molecule has 1 aromatic carbocycles. The molecule has 0 aliphatic carbocycles. The van der Waals surface area contributed by atoms with Gasteiger partial charge in [-0.05, 0) is 48.2 Å². The summed E-state index contributed by atoms with van der Waals surface area (Å²) in [6.07, 6.45) is 0. The molecular weight excluding hydrogens is 267 g/mol. The topological polar surface area (TPSA) is 17.1 Å². The van der Waals surface area contributed by atoms with Gasteiger partial charge in [0, 0.05) is 15.0 Å². The minimum Gasteiger partial charge on any atom is -0.288 e. The molecule has 0 aliphatic heterocycles. The second-order valence-electron chi connectivity index (χ2n) is 4.05. The van der Waals surface area contributed by atoms with Gasteiger partial charge in [0.2, 0.25) is 5.78 Å². The third-order valence-corrected chi connectivity index (χ3v) is 4.88. The van der Waals surface area contributed by atoms with Gasteiger partial charge in [-0.2, -0.15) is 0 Å². The number of ketones is 1. The van der Waals surface area contributed by atoms with Crippen molar-refractivity contribution in [1.82, 2.24) is 0 Å². The first-order chi connectivity index (χ1) is 8.65. The van der Waals surface area contributed by atoms with Crippen LogP contribution >= 0.6 is 22.7 Å². The van der Waals surface area contributed by atoms with Gasteiger partial charge in [-0.1, -0.05) is 0 Å². The molecule has 0 radical (unpaired) electrons. The zero-order chi connectivity index (χ0) is 12.7. The predicted molar refractivity (Wildman–Crippen MR) is 74.3 cm³/mol. The SMILES string of the molecule is Cc1cc(C(=O)c2cc3sccc3s2)ccc1F. The molecule has 2 heterocycles. The van der Waals surface area contributed by atoms with Crippen LogP contribution in [0.25, 0.3) is 9.40 Å². The highest BCUT2D eigenvalue weighted by Crippen LogP contribution is 2.31. The van der Waals surface area contributed by atoms with E-state index in [0.29, 0.717) is 16.0 Å². The lowest BCUT2D eigenvalue weighted by Crippen LogP contribution is -1.99. The summed E-state index contributed by atoms with van der Waals surface area (Å²) in [6, 6.07) is 8.41. The fraction of sp³-hybridized carbons (Fsp3) is 0.0714. The molecule has 0 fully saturated rings. The Kier molecular flexibility index (Phi) is 2.76. The molecule has 3 aromatic rings. The average Bonchev–Trinajstić information content (AvgIpc) is 2.92. The molecule has 0 unspecified atom stereocenters. The molecule has 1 nitrogen and oxygen atoms in total. The van der Waals surface area contributed by atoms with E-state index in [0.717, 1.165) is 9.40 Å². The van der Waals surface area contributed by atoms with Crippen LogP contribution in [0.5, 0.6) is 0 Å². The Hall–Kier alpha value is -1.52. The third kappa shape index (κ3) is 1.87. The lowest BCUT2D eigenvalue weighted by atomic mass is 10.1. The standard InChI is InChI=1S/C14H9FOS2/c1-8-6-9(2-3-10(8)15)14(16)13-7-12-11(18-13)4-5-17-12/h2-7H,1H3. The number of hydrogen-bond acceptors (Lipinski definition) is 3. The van der Waals surface area contributed by atoms with Crippen molar-refractivity contribution in [2.75, 3.05) is 0 Å². The van der Waals surface area contributed by atoms with E-state index in [1.165, 1.54) is 17.4 Å². The number of fused-ring (bicyclic) bond motifs is 1. The maximum Gasteiger partial charge on any atom is 0.203 e. The molecular formula is C14H9FOS2. The normalized spacial score (nSPS) is 11.0. The summed E-state index contributed by atoms with van der Waals surface area (Å²) in [5.74, 6) is -0.315. The maximum absolute atomic E-state index is 13.2. The molecule has 4 heteroatoms. The Morgan fingerprint density at radius 1 is 1.17 bits per heavy atom. The van der Waals surface area contributed by atoms with E-state index in [1.807, 2.05) is 17.5 Å². The smallest absolute Gasteiger partial charge is 0.203 e. The average molecular weight is 276 g/mol. The molecule has 90 valence electrons. The number of rotatable bonds is 2. The number of hydrogen-bond donors (Lipinski definition) is 0. The Balaban J connectivity index is 2.03. The van der Waals surface area contributed by atoms with E-state index in [4.69, 9.17) is 0 Å². The van der Waals surface area contributed by atoms with Crippen molar-refractivity contribution in [3.8, 4) is 0 Å². The van der Waals surface area contributed by atoms with E-state index in [-0.39, 0.29) is 11.6 Å². The number of benzene rings is 1. The Morgan fingerprint density at radius 2 is 2.00 bits per heavy atom. The zero-order valence-electron chi connectivity index (χ0n) is 9.57. The van der Waals surface area contributed by atoms with Crippen molar-refractivity contribution in [2.45, 2.75) is 6.92 Å². The van der Waals surface area contributed by atoms with Crippen LogP contribution in [0.2, 0.25) is 0 Å². The fourth-order valence-corrected chi connectivity index (χ4v) is 3.88. The third-order valence-electron chi connectivity index (χ3n) is 2.78. The van der Waals surface area contributed by atoms with Gasteiger partial charge in [0.15, 0.2) is 0 Å². The Labute approximate surface area is 112 Å². The van der Waals surface area contributed by atoms with E-state index in [9.17, 15) is 9.18 Å². The van der Waals surface area contributed by atoms with Gasteiger partial charge in [-0.15, -0.1) is 22.7 Å². The van der Waals surface area contributed by atoms with Crippen molar-refractivity contribution < 1.29 is 9.18 Å². The van der Waals surface area contributed by atoms with Crippen LogP contribution in [-0.4, -0.2) is 5.78 Å². The highest BCUT2D eigenvalue weighted by molar-refractivity contribution is 7.28. The number of thiophene rings is 2. The van der Waals surface area contributed by atoms with Gasteiger partial charge in [0.1, 0.15) is 5.82 Å². The minimum absolute atomic E-state index is 0.0356. The van der Waals surface area contributed by atoms with Crippen molar-refractivity contribution in [2.24, 2.45) is 0 Å². The summed E-state index contributed by atoms with van der Waals surface area (Å²) < 4.78 is 15.4. The first-order valence-corrected chi connectivity index (χ1v) is 7.12. The van der Waals surface area contributed by atoms with Crippen molar-refractivity contribution in [3.05, 3.63) is 57.5 Å². The highest BCUT2D eigenvalue weighted by Gasteiger charge is 2.14. The zero-order valence-corrected chi connectivity index (χ0v) is 11.2. The summed E-state index contributed by atoms with van der Waals surface area (Å²) in [5.41, 5.74) is 1.04. The Morgan fingerprint density at radius 3 is 2.72 bits per heavy atom. The summed E-state index contributed by atoms with van der Waals surface area (Å²) in [4.78, 5) is 13.0. The fourth-order valence-electron chi connectivity index (χ4n) is 1.81. The predicted octanol–water partition coefficient (Wildman–Crippen LogP) is 4.64. The molecule has 0 amide bonds. The van der Waals surface area contributed by atoms with Gasteiger partial charge in [0.25, 0.3) is 0 Å². The summed E-state index contributed by atoms with van der Waals surface area (Å²) >= 11 is 3.11. The van der Waals surface area contributed by atoms with Crippen molar-refractivity contribution >= 4 is 37.9 Å². The molecule has 0 aliphatic rings. The van der Waals surface area contributed by atoms with Crippen molar-refractivity contribution in [1.29, 1.82) is 0 Å². The van der Waals surface area contributed by atoms with Gasteiger partial charge in [-0.25, -0.2) is 4.39 Å². The number of carbonyl (C=O) groups is 1. The van der Waals surface area contributed by atoms with Crippen molar-refractivity contribution in [3.63, 3.8) is 0 Å². The van der Waals surface area contributed by atoms with Gasteiger partial charge in [0.05, 0.1) is 4.88 Å². The van der Waals surface area contributed by atoms with Gasteiger partial charge >= 0.3 is 0 Å². The van der Waals surface area contributed by atoms with Crippen LogP contribution in [-0.2, 0) is 0 Å². The van der Waals surface area contributed by atoms with Crippen LogP contribution in [0, 0.1) is 12.7 Å². The molecule has 0 saturated heterocycles. The van der Waals surface area contributed by atoms with E-state index in [2.05, 4.69) is 0 Å². The quantitative estimate of drug-likeness (QED) is 0.623. The van der Waals surface area contributed by atoms with Gasteiger partial charge < -0.3 is 0 Å². The molecule has 0 bridgehead atoms. The van der Waals surface area contributed by atoms with Crippen LogP contribution in [0.1, 0.15) is 20.8 Å². The summed E-state index contributed by atoms with van der Waals surface area (Å²) in [7, 11) is 0. The van der Waals surface area contributed by atoms with E-state index >= 15 is 0 Å². The van der Waals surface area contributed by atoms with Crippen LogP contribution in [0.3, 0.4) is 0 Å². The lowest BCUT2D eigenvalue weighted by molar-refractivity contribution is 0.104. The lowest BCUT2D eigenvalue weighted by Gasteiger charge is -2.00. The van der Waals surface area contributed by atoms with E-state index < -0.39 is 0 Å². The molecule has 0 saturated carbocycles. The highest BCUT2D eigenvalue weighted by atomic mass is 32.1. The summed E-state index contributed by atoms with van der Waals surface area (Å²) in [5, 5.41) is 2.01. The monoisotopic (exact) mass is 276 g/mol. The molecule has 0 N–H and O–H groups in total.